The highest BCUT2D eigenvalue weighted by molar-refractivity contribution is 4.73. The Morgan fingerprint density at radius 1 is 1.50 bits per heavy atom. The third kappa shape index (κ3) is 1.68. The molecule has 1 heterocycles. The zero-order valence-electron chi connectivity index (χ0n) is 6.79. The van der Waals surface area contributed by atoms with Gasteiger partial charge in [0.25, 0.3) is 0 Å². The lowest BCUT2D eigenvalue weighted by Crippen LogP contribution is -2.38. The van der Waals surface area contributed by atoms with Crippen LogP contribution in [0.25, 0.3) is 0 Å². The Morgan fingerprint density at radius 3 is 2.30 bits per heavy atom. The Balaban J connectivity index is 2.45. The van der Waals surface area contributed by atoms with Gasteiger partial charge in [-0.1, -0.05) is 0 Å². The van der Waals surface area contributed by atoms with Crippen LogP contribution in [0.15, 0.2) is 0 Å². The molecule has 1 aliphatic heterocycles. The predicted octanol–water partition coefficient (Wildman–Crippen LogP) is 0.741. The fraction of sp³-hybridized carbons (Fsp3) is 1.00. The number of aliphatic hydroxyl groups is 1. The van der Waals surface area contributed by atoms with Crippen LogP contribution in [0.1, 0.15) is 27.2 Å². The van der Waals surface area contributed by atoms with Crippen molar-refractivity contribution in [2.75, 3.05) is 6.54 Å². The van der Waals surface area contributed by atoms with Gasteiger partial charge < -0.3 is 5.11 Å². The molecule has 10 heavy (non-hydrogen) atoms. The van der Waals surface area contributed by atoms with Gasteiger partial charge in [-0.15, -0.1) is 0 Å². The van der Waals surface area contributed by atoms with Crippen LogP contribution in [-0.4, -0.2) is 28.5 Å². The summed E-state index contributed by atoms with van der Waals surface area (Å²) in [5.74, 6) is 0. The van der Waals surface area contributed by atoms with Gasteiger partial charge in [-0.3, -0.25) is 4.84 Å². The lowest BCUT2D eigenvalue weighted by Gasteiger charge is -2.29. The minimum atomic E-state index is -0.584. The van der Waals surface area contributed by atoms with E-state index in [2.05, 4.69) is 20.8 Å². The van der Waals surface area contributed by atoms with E-state index in [4.69, 9.17) is 9.94 Å². The average Bonchev–Trinajstić information content (AvgIpc) is 2.11. The highest BCUT2D eigenvalue weighted by atomic mass is 16.8. The summed E-state index contributed by atoms with van der Waals surface area (Å²) in [4.78, 5) is 5.11. The smallest absolute Gasteiger partial charge is 0.176 e. The predicted molar refractivity (Wildman–Crippen MR) is 38.2 cm³/mol. The van der Waals surface area contributed by atoms with Crippen LogP contribution < -0.4 is 0 Å². The fourth-order valence-electron chi connectivity index (χ4n) is 0.974. The maximum absolute atomic E-state index is 9.00. The van der Waals surface area contributed by atoms with Gasteiger partial charge in [0.2, 0.25) is 0 Å². The van der Waals surface area contributed by atoms with Crippen LogP contribution in [0.4, 0.5) is 0 Å². The normalized spacial score (nSPS) is 29.4. The highest BCUT2D eigenvalue weighted by Crippen LogP contribution is 2.21. The monoisotopic (exact) mass is 145 g/mol. The summed E-state index contributed by atoms with van der Waals surface area (Å²) in [6.45, 7) is 7.01. The summed E-state index contributed by atoms with van der Waals surface area (Å²) in [6.07, 6.45) is 0.135. The molecule has 1 unspecified atom stereocenters. The fourth-order valence-corrected chi connectivity index (χ4v) is 0.974. The Morgan fingerprint density at radius 2 is 2.10 bits per heavy atom. The average molecular weight is 145 g/mol. The molecule has 0 amide bonds. The van der Waals surface area contributed by atoms with E-state index in [1.807, 2.05) is 5.06 Å². The zero-order valence-corrected chi connectivity index (χ0v) is 6.79. The number of aliphatic hydroxyl groups excluding tert-OH is 1. The van der Waals surface area contributed by atoms with Crippen molar-refractivity contribution >= 4 is 0 Å². The molecular weight excluding hydrogens is 130 g/mol. The summed E-state index contributed by atoms with van der Waals surface area (Å²) in [6, 6.07) is 0. The lowest BCUT2D eigenvalue weighted by molar-refractivity contribution is -0.246. The van der Waals surface area contributed by atoms with Crippen molar-refractivity contribution in [1.82, 2.24) is 5.06 Å². The van der Waals surface area contributed by atoms with Gasteiger partial charge in [0, 0.05) is 18.5 Å². The first-order valence-corrected chi connectivity index (χ1v) is 3.62. The second kappa shape index (κ2) is 2.49. The molecule has 3 heteroatoms. The van der Waals surface area contributed by atoms with E-state index < -0.39 is 6.29 Å². The number of rotatable bonds is 0. The molecule has 0 radical (unpaired) electrons. The van der Waals surface area contributed by atoms with E-state index in [1.54, 1.807) is 0 Å². The molecule has 0 bridgehead atoms. The van der Waals surface area contributed by atoms with Gasteiger partial charge in [0.1, 0.15) is 0 Å². The molecule has 1 aliphatic rings. The molecule has 1 saturated heterocycles. The van der Waals surface area contributed by atoms with E-state index in [-0.39, 0.29) is 5.54 Å². The second-order valence-electron chi connectivity index (χ2n) is 3.62. The highest BCUT2D eigenvalue weighted by Gasteiger charge is 2.30. The van der Waals surface area contributed by atoms with Crippen LogP contribution >= 0.6 is 0 Å². The Hall–Kier alpha value is -0.120. The van der Waals surface area contributed by atoms with Crippen LogP contribution in [0.5, 0.6) is 0 Å². The molecule has 0 aliphatic carbocycles. The van der Waals surface area contributed by atoms with E-state index in [0.717, 1.165) is 13.0 Å². The van der Waals surface area contributed by atoms with Gasteiger partial charge in [0.05, 0.1) is 0 Å². The van der Waals surface area contributed by atoms with E-state index in [9.17, 15) is 0 Å². The van der Waals surface area contributed by atoms with Crippen molar-refractivity contribution < 1.29 is 9.94 Å². The first kappa shape index (κ1) is 7.98. The molecule has 1 rings (SSSR count). The van der Waals surface area contributed by atoms with E-state index >= 15 is 0 Å². The molecule has 60 valence electrons. The zero-order chi connectivity index (χ0) is 7.78. The minimum Gasteiger partial charge on any atom is -0.366 e. The Labute approximate surface area is 61.5 Å². The first-order valence-electron chi connectivity index (χ1n) is 3.62. The van der Waals surface area contributed by atoms with Gasteiger partial charge >= 0.3 is 0 Å². The molecule has 3 nitrogen and oxygen atoms in total. The summed E-state index contributed by atoms with van der Waals surface area (Å²) in [7, 11) is 0. The van der Waals surface area contributed by atoms with Gasteiger partial charge in [-0.25, -0.2) is 0 Å². The van der Waals surface area contributed by atoms with Gasteiger partial charge in [-0.2, -0.15) is 5.06 Å². The van der Waals surface area contributed by atoms with Crippen molar-refractivity contribution in [1.29, 1.82) is 0 Å². The summed E-state index contributed by atoms with van der Waals surface area (Å²) in [5, 5.41) is 10.8. The van der Waals surface area contributed by atoms with Crippen molar-refractivity contribution in [2.45, 2.75) is 39.0 Å². The molecule has 1 N–H and O–H groups in total. The first-order chi connectivity index (χ1) is 4.50. The molecule has 0 aromatic heterocycles. The maximum Gasteiger partial charge on any atom is 0.176 e. The molecule has 0 aromatic rings. The van der Waals surface area contributed by atoms with Crippen LogP contribution in [0.3, 0.4) is 0 Å². The molecule has 0 aromatic carbocycles. The molecular formula is C7H15NO2. The Bertz CT molecular complexity index is 119. The van der Waals surface area contributed by atoms with Crippen molar-refractivity contribution in [3.63, 3.8) is 0 Å². The van der Waals surface area contributed by atoms with Crippen LogP contribution in [0.2, 0.25) is 0 Å². The second-order valence-corrected chi connectivity index (χ2v) is 3.62. The third-order valence-electron chi connectivity index (χ3n) is 1.58. The van der Waals surface area contributed by atoms with Gasteiger partial charge in [0.15, 0.2) is 6.29 Å². The summed E-state index contributed by atoms with van der Waals surface area (Å²) >= 11 is 0. The largest absolute Gasteiger partial charge is 0.366 e. The molecule has 0 saturated carbocycles. The number of hydrogen-bond donors (Lipinski definition) is 1. The minimum absolute atomic E-state index is 0.0114. The maximum atomic E-state index is 9.00. The summed E-state index contributed by atoms with van der Waals surface area (Å²) in [5.41, 5.74) is 0.0114. The lowest BCUT2D eigenvalue weighted by atomic mass is 10.1. The van der Waals surface area contributed by atoms with E-state index in [1.165, 1.54) is 0 Å². The number of nitrogens with zero attached hydrogens (tertiary/aromatic N) is 1. The Kier molecular flexibility index (Phi) is 1.99. The number of hydrogen-bond acceptors (Lipinski definition) is 3. The van der Waals surface area contributed by atoms with E-state index in [0.29, 0.717) is 0 Å². The SMILES string of the molecule is CC(C)(C)N1CCC(O)O1. The quantitative estimate of drug-likeness (QED) is 0.545. The van der Waals surface area contributed by atoms with Crippen molar-refractivity contribution in [3.8, 4) is 0 Å². The standard InChI is InChI=1S/C7H15NO2/c1-7(2,3)8-5-4-6(9)10-8/h6,9H,4-5H2,1-3H3. The van der Waals surface area contributed by atoms with Gasteiger partial charge in [-0.05, 0) is 20.8 Å². The molecule has 1 atom stereocenters. The molecule has 1 fully saturated rings. The third-order valence-corrected chi connectivity index (χ3v) is 1.58. The topological polar surface area (TPSA) is 32.7 Å². The van der Waals surface area contributed by atoms with Crippen molar-refractivity contribution in [2.24, 2.45) is 0 Å². The van der Waals surface area contributed by atoms with Crippen molar-refractivity contribution in [3.05, 3.63) is 0 Å². The molecule has 0 spiro atoms. The van der Waals surface area contributed by atoms with Crippen LogP contribution in [0, 0.1) is 0 Å². The number of hydroxylamine groups is 2. The summed E-state index contributed by atoms with van der Waals surface area (Å²) < 4.78 is 0. The van der Waals surface area contributed by atoms with Crippen LogP contribution in [-0.2, 0) is 4.84 Å².